The summed E-state index contributed by atoms with van der Waals surface area (Å²) in [6.07, 6.45) is 1.06. The Morgan fingerprint density at radius 3 is 2.74 bits per heavy atom. The first-order valence-electron chi connectivity index (χ1n) is 8.43. The van der Waals surface area contributed by atoms with Gasteiger partial charge in [0.2, 0.25) is 6.29 Å². The number of carbonyl (C=O) groups is 1. The Morgan fingerprint density at radius 2 is 1.96 bits per heavy atom. The van der Waals surface area contributed by atoms with E-state index < -0.39 is 12.3 Å². The molecule has 0 amide bonds. The van der Waals surface area contributed by atoms with Crippen molar-refractivity contribution in [3.8, 4) is 5.75 Å². The molecule has 1 unspecified atom stereocenters. The van der Waals surface area contributed by atoms with Crippen LogP contribution in [0.15, 0.2) is 71.3 Å². The third-order valence-corrected chi connectivity index (χ3v) is 4.59. The van der Waals surface area contributed by atoms with Crippen LogP contribution in [-0.4, -0.2) is 11.0 Å². The van der Waals surface area contributed by atoms with Crippen LogP contribution < -0.4 is 4.74 Å². The highest BCUT2D eigenvalue weighted by Crippen LogP contribution is 2.38. The number of carbonyl (C=O) groups excluding carboxylic acids is 1. The molecule has 1 aliphatic rings. The van der Waals surface area contributed by atoms with Gasteiger partial charge in [0.05, 0.1) is 6.61 Å². The summed E-state index contributed by atoms with van der Waals surface area (Å²) in [6.45, 7) is 0.494. The SMILES string of the molecule is O=C(OCc1cc(Br)cc2c1OC(c1ccccc1)OC2)c1ccccn1. The van der Waals surface area contributed by atoms with Crippen LogP contribution in [0.3, 0.4) is 0 Å². The fraction of sp³-hybridized carbons (Fsp3) is 0.143. The number of hydrogen-bond acceptors (Lipinski definition) is 5. The molecule has 0 fully saturated rings. The molecule has 1 aromatic heterocycles. The molecule has 27 heavy (non-hydrogen) atoms. The molecule has 5 nitrogen and oxygen atoms in total. The highest BCUT2D eigenvalue weighted by Gasteiger charge is 2.25. The number of rotatable bonds is 4. The molecular weight excluding hydrogens is 410 g/mol. The molecule has 0 radical (unpaired) electrons. The van der Waals surface area contributed by atoms with Crippen LogP contribution in [0.25, 0.3) is 0 Å². The largest absolute Gasteiger partial charge is 0.460 e. The summed E-state index contributed by atoms with van der Waals surface area (Å²) in [5.74, 6) is 0.211. The van der Waals surface area contributed by atoms with Crippen LogP contribution in [0, 0.1) is 0 Å². The summed E-state index contributed by atoms with van der Waals surface area (Å²) in [6, 6.07) is 18.7. The van der Waals surface area contributed by atoms with Crippen molar-refractivity contribution in [2.75, 3.05) is 0 Å². The van der Waals surface area contributed by atoms with Crippen molar-refractivity contribution in [2.24, 2.45) is 0 Å². The minimum Gasteiger partial charge on any atom is -0.460 e. The zero-order chi connectivity index (χ0) is 18.6. The van der Waals surface area contributed by atoms with E-state index >= 15 is 0 Å². The van der Waals surface area contributed by atoms with Crippen LogP contribution in [-0.2, 0) is 22.7 Å². The van der Waals surface area contributed by atoms with E-state index in [0.29, 0.717) is 12.4 Å². The van der Waals surface area contributed by atoms with Crippen molar-refractivity contribution in [3.63, 3.8) is 0 Å². The molecule has 1 aliphatic heterocycles. The number of nitrogens with zero attached hydrogens (tertiary/aromatic N) is 1. The van der Waals surface area contributed by atoms with E-state index in [9.17, 15) is 4.79 Å². The molecule has 2 aromatic carbocycles. The summed E-state index contributed by atoms with van der Waals surface area (Å²) >= 11 is 3.49. The average Bonchev–Trinajstić information content (AvgIpc) is 2.72. The zero-order valence-corrected chi connectivity index (χ0v) is 15.9. The van der Waals surface area contributed by atoms with Crippen molar-refractivity contribution < 1.29 is 19.0 Å². The fourth-order valence-electron chi connectivity index (χ4n) is 2.86. The van der Waals surface area contributed by atoms with Crippen molar-refractivity contribution >= 4 is 21.9 Å². The van der Waals surface area contributed by atoms with Gasteiger partial charge in [0, 0.05) is 27.4 Å². The van der Waals surface area contributed by atoms with Gasteiger partial charge in [-0.1, -0.05) is 52.3 Å². The number of benzene rings is 2. The van der Waals surface area contributed by atoms with Gasteiger partial charge in [0.25, 0.3) is 0 Å². The van der Waals surface area contributed by atoms with Crippen molar-refractivity contribution in [3.05, 3.63) is 93.7 Å². The first-order valence-corrected chi connectivity index (χ1v) is 9.22. The van der Waals surface area contributed by atoms with Crippen molar-refractivity contribution in [1.82, 2.24) is 4.98 Å². The maximum absolute atomic E-state index is 12.2. The van der Waals surface area contributed by atoms with Gasteiger partial charge in [-0.25, -0.2) is 9.78 Å². The predicted molar refractivity (Wildman–Crippen MR) is 102 cm³/mol. The average molecular weight is 426 g/mol. The standard InChI is InChI=1S/C21H16BrNO4/c22-17-10-15(12-25-20(24)18-8-4-5-9-23-18)19-16(11-17)13-26-21(27-19)14-6-2-1-3-7-14/h1-11,21H,12-13H2. The molecule has 0 saturated carbocycles. The van der Waals surface area contributed by atoms with Gasteiger partial charge in [-0.15, -0.1) is 0 Å². The van der Waals surface area contributed by atoms with Gasteiger partial charge in [0.1, 0.15) is 18.1 Å². The Balaban J connectivity index is 1.55. The summed E-state index contributed by atoms with van der Waals surface area (Å²) in [4.78, 5) is 16.2. The van der Waals surface area contributed by atoms with E-state index in [-0.39, 0.29) is 12.3 Å². The van der Waals surface area contributed by atoms with E-state index in [2.05, 4.69) is 20.9 Å². The second kappa shape index (κ2) is 7.90. The van der Waals surface area contributed by atoms with Gasteiger partial charge in [-0.05, 0) is 24.3 Å². The lowest BCUT2D eigenvalue weighted by molar-refractivity contribution is -0.112. The van der Waals surface area contributed by atoms with Gasteiger partial charge < -0.3 is 14.2 Å². The van der Waals surface area contributed by atoms with Crippen LogP contribution >= 0.6 is 15.9 Å². The molecule has 0 bridgehead atoms. The lowest BCUT2D eigenvalue weighted by Gasteiger charge is -2.28. The minimum atomic E-state index is -0.495. The van der Waals surface area contributed by atoms with E-state index in [1.54, 1.807) is 24.4 Å². The number of ether oxygens (including phenoxy) is 3. The number of aromatic nitrogens is 1. The van der Waals surface area contributed by atoms with Crippen LogP contribution in [0.2, 0.25) is 0 Å². The molecule has 2 heterocycles. The van der Waals surface area contributed by atoms with Crippen molar-refractivity contribution in [2.45, 2.75) is 19.5 Å². The fourth-order valence-corrected chi connectivity index (χ4v) is 3.41. The highest BCUT2D eigenvalue weighted by atomic mass is 79.9. The number of pyridine rings is 1. The maximum atomic E-state index is 12.2. The number of esters is 1. The van der Waals surface area contributed by atoms with Gasteiger partial charge in [0.15, 0.2) is 0 Å². The number of hydrogen-bond donors (Lipinski definition) is 0. The molecular formula is C21H16BrNO4. The minimum absolute atomic E-state index is 0.0820. The van der Waals surface area contributed by atoms with Crippen LogP contribution in [0.1, 0.15) is 33.5 Å². The lowest BCUT2D eigenvalue weighted by atomic mass is 10.1. The Morgan fingerprint density at radius 1 is 1.15 bits per heavy atom. The Bertz CT molecular complexity index is 947. The Kier molecular flexibility index (Phi) is 5.18. The molecule has 3 aromatic rings. The second-order valence-electron chi connectivity index (χ2n) is 6.02. The van der Waals surface area contributed by atoms with E-state index in [0.717, 1.165) is 21.2 Å². The first kappa shape index (κ1) is 17.7. The molecule has 136 valence electrons. The predicted octanol–water partition coefficient (Wildman–Crippen LogP) is 4.81. The third-order valence-electron chi connectivity index (χ3n) is 4.13. The molecule has 0 spiro atoms. The smallest absolute Gasteiger partial charge is 0.357 e. The van der Waals surface area contributed by atoms with E-state index in [1.165, 1.54) is 0 Å². The summed E-state index contributed by atoms with van der Waals surface area (Å²) < 4.78 is 18.2. The molecule has 4 rings (SSSR count). The Labute approximate surface area is 165 Å². The van der Waals surface area contributed by atoms with Crippen LogP contribution in [0.4, 0.5) is 0 Å². The molecule has 0 N–H and O–H groups in total. The monoisotopic (exact) mass is 425 g/mol. The number of fused-ring (bicyclic) bond motifs is 1. The van der Waals surface area contributed by atoms with Crippen LogP contribution in [0.5, 0.6) is 5.75 Å². The highest BCUT2D eigenvalue weighted by molar-refractivity contribution is 9.10. The topological polar surface area (TPSA) is 57.7 Å². The van der Waals surface area contributed by atoms with Crippen molar-refractivity contribution in [1.29, 1.82) is 0 Å². The molecule has 6 heteroatoms. The zero-order valence-electron chi connectivity index (χ0n) is 14.3. The van der Waals surface area contributed by atoms with Gasteiger partial charge in [-0.2, -0.15) is 0 Å². The molecule has 0 saturated heterocycles. The Hall–Kier alpha value is -2.70. The van der Waals surface area contributed by atoms with Gasteiger partial charge >= 0.3 is 5.97 Å². The summed E-state index contributed by atoms with van der Waals surface area (Å²) in [5, 5.41) is 0. The quantitative estimate of drug-likeness (QED) is 0.561. The summed E-state index contributed by atoms with van der Waals surface area (Å²) in [5.41, 5.74) is 2.88. The normalized spacial score (nSPS) is 15.5. The molecule has 1 atom stereocenters. The lowest BCUT2D eigenvalue weighted by Crippen LogP contribution is -2.19. The maximum Gasteiger partial charge on any atom is 0.357 e. The van der Waals surface area contributed by atoms with E-state index in [1.807, 2.05) is 42.5 Å². The van der Waals surface area contributed by atoms with E-state index in [4.69, 9.17) is 14.2 Å². The number of halogens is 1. The summed E-state index contributed by atoms with van der Waals surface area (Å²) in [7, 11) is 0. The third kappa shape index (κ3) is 4.02. The first-order chi connectivity index (χ1) is 13.2. The van der Waals surface area contributed by atoms with Gasteiger partial charge in [-0.3, -0.25) is 0 Å². The second-order valence-corrected chi connectivity index (χ2v) is 6.93. The molecule has 0 aliphatic carbocycles.